The Morgan fingerprint density at radius 1 is 1.07 bits per heavy atom. The summed E-state index contributed by atoms with van der Waals surface area (Å²) in [5.41, 5.74) is 2.33. The van der Waals surface area contributed by atoms with Crippen LogP contribution in [0.2, 0.25) is 0 Å². The standard InChI is InChI=1S/C20H21N3O4/c1-14-6-8-15(9-7-14)21-18(24)13-22-10-11-23(20(26)19(22)25)16-4-3-5-17(12-16)27-2/h3-9,12H,10-11,13H2,1-2H3,(H,21,24). The Labute approximate surface area is 157 Å². The second kappa shape index (κ2) is 7.90. The third-order valence-electron chi connectivity index (χ3n) is 4.34. The van der Waals surface area contributed by atoms with Crippen molar-refractivity contribution in [3.05, 3.63) is 54.1 Å². The third-order valence-corrected chi connectivity index (χ3v) is 4.34. The molecular formula is C20H21N3O4. The first-order valence-corrected chi connectivity index (χ1v) is 8.59. The summed E-state index contributed by atoms with van der Waals surface area (Å²) < 4.78 is 5.16. The molecule has 1 saturated heterocycles. The van der Waals surface area contributed by atoms with Crippen molar-refractivity contribution in [3.63, 3.8) is 0 Å². The monoisotopic (exact) mass is 367 g/mol. The summed E-state index contributed by atoms with van der Waals surface area (Å²) in [5.74, 6) is -1.08. The second-order valence-corrected chi connectivity index (χ2v) is 6.30. The number of rotatable bonds is 5. The van der Waals surface area contributed by atoms with Crippen LogP contribution in [0.3, 0.4) is 0 Å². The Kier molecular flexibility index (Phi) is 5.40. The van der Waals surface area contributed by atoms with E-state index in [0.29, 0.717) is 23.7 Å². The van der Waals surface area contributed by atoms with E-state index in [1.807, 2.05) is 19.1 Å². The molecule has 1 aliphatic rings. The summed E-state index contributed by atoms with van der Waals surface area (Å²) in [6, 6.07) is 14.3. The maximum absolute atomic E-state index is 12.5. The van der Waals surface area contributed by atoms with E-state index in [0.717, 1.165) is 5.56 Å². The van der Waals surface area contributed by atoms with Crippen LogP contribution in [0.1, 0.15) is 5.56 Å². The molecule has 1 fully saturated rings. The first kappa shape index (κ1) is 18.4. The van der Waals surface area contributed by atoms with Crippen LogP contribution in [-0.4, -0.2) is 49.4 Å². The van der Waals surface area contributed by atoms with Crippen LogP contribution in [0, 0.1) is 6.92 Å². The molecule has 0 radical (unpaired) electrons. The number of methoxy groups -OCH3 is 1. The molecule has 1 aliphatic heterocycles. The highest BCUT2D eigenvalue weighted by molar-refractivity contribution is 6.41. The Morgan fingerprint density at radius 2 is 1.81 bits per heavy atom. The molecule has 0 bridgehead atoms. The van der Waals surface area contributed by atoms with Crippen molar-refractivity contribution in [1.29, 1.82) is 0 Å². The average molecular weight is 367 g/mol. The lowest BCUT2D eigenvalue weighted by atomic mass is 10.2. The van der Waals surface area contributed by atoms with E-state index in [-0.39, 0.29) is 19.0 Å². The smallest absolute Gasteiger partial charge is 0.316 e. The predicted octanol–water partition coefficient (Wildman–Crippen LogP) is 1.82. The van der Waals surface area contributed by atoms with Crippen LogP contribution in [0.4, 0.5) is 11.4 Å². The molecule has 0 saturated carbocycles. The van der Waals surface area contributed by atoms with Gasteiger partial charge in [-0.05, 0) is 31.2 Å². The lowest BCUT2D eigenvalue weighted by Gasteiger charge is -2.33. The molecule has 0 spiro atoms. The van der Waals surface area contributed by atoms with Crippen molar-refractivity contribution in [2.45, 2.75) is 6.92 Å². The van der Waals surface area contributed by atoms with Gasteiger partial charge in [-0.25, -0.2) is 0 Å². The van der Waals surface area contributed by atoms with Crippen LogP contribution in [0.25, 0.3) is 0 Å². The van der Waals surface area contributed by atoms with E-state index in [2.05, 4.69) is 5.32 Å². The molecule has 0 unspecified atom stereocenters. The van der Waals surface area contributed by atoms with E-state index in [1.54, 1.807) is 36.4 Å². The molecule has 27 heavy (non-hydrogen) atoms. The molecule has 140 valence electrons. The van der Waals surface area contributed by atoms with Crippen LogP contribution >= 0.6 is 0 Å². The summed E-state index contributed by atoms with van der Waals surface area (Å²) in [5, 5.41) is 2.74. The van der Waals surface area contributed by atoms with Crippen LogP contribution < -0.4 is 15.0 Å². The second-order valence-electron chi connectivity index (χ2n) is 6.30. The van der Waals surface area contributed by atoms with Gasteiger partial charge in [0.15, 0.2) is 0 Å². The number of amides is 3. The number of carbonyl (C=O) groups is 3. The molecule has 1 heterocycles. The summed E-state index contributed by atoms with van der Waals surface area (Å²) in [7, 11) is 1.54. The minimum absolute atomic E-state index is 0.162. The maximum atomic E-state index is 12.5. The van der Waals surface area contributed by atoms with E-state index in [9.17, 15) is 14.4 Å². The number of benzene rings is 2. The average Bonchev–Trinajstić information content (AvgIpc) is 2.67. The van der Waals surface area contributed by atoms with E-state index >= 15 is 0 Å². The van der Waals surface area contributed by atoms with Gasteiger partial charge in [-0.1, -0.05) is 23.8 Å². The van der Waals surface area contributed by atoms with Crippen molar-refractivity contribution in [2.75, 3.05) is 37.0 Å². The van der Waals surface area contributed by atoms with Gasteiger partial charge in [-0.15, -0.1) is 0 Å². The number of carbonyl (C=O) groups excluding carboxylic acids is 3. The van der Waals surface area contributed by atoms with Crippen molar-refractivity contribution in [2.24, 2.45) is 0 Å². The molecule has 1 N–H and O–H groups in total. The third kappa shape index (κ3) is 4.25. The molecule has 3 rings (SSSR count). The van der Waals surface area contributed by atoms with Gasteiger partial charge in [0.25, 0.3) is 0 Å². The van der Waals surface area contributed by atoms with Crippen molar-refractivity contribution in [3.8, 4) is 5.75 Å². The number of nitrogens with zero attached hydrogens (tertiary/aromatic N) is 2. The van der Waals surface area contributed by atoms with E-state index < -0.39 is 11.8 Å². The molecule has 7 heteroatoms. The first-order chi connectivity index (χ1) is 13.0. The highest BCUT2D eigenvalue weighted by atomic mass is 16.5. The van der Waals surface area contributed by atoms with Crippen molar-refractivity contribution in [1.82, 2.24) is 4.90 Å². The van der Waals surface area contributed by atoms with E-state index in [4.69, 9.17) is 4.74 Å². The van der Waals surface area contributed by atoms with Gasteiger partial charge in [-0.2, -0.15) is 0 Å². The molecule has 0 aromatic heterocycles. The normalized spacial score (nSPS) is 14.3. The van der Waals surface area contributed by atoms with Gasteiger partial charge < -0.3 is 19.9 Å². The van der Waals surface area contributed by atoms with E-state index in [1.165, 1.54) is 16.9 Å². The predicted molar refractivity (Wildman–Crippen MR) is 102 cm³/mol. The number of aryl methyl sites for hydroxylation is 1. The molecule has 3 amide bonds. The van der Waals surface area contributed by atoms with Gasteiger partial charge in [0.1, 0.15) is 12.3 Å². The van der Waals surface area contributed by atoms with Gasteiger partial charge in [0, 0.05) is 30.5 Å². The topological polar surface area (TPSA) is 79.0 Å². The highest BCUT2D eigenvalue weighted by Gasteiger charge is 2.34. The van der Waals surface area contributed by atoms with Crippen LogP contribution in [-0.2, 0) is 14.4 Å². The van der Waals surface area contributed by atoms with Gasteiger partial charge >= 0.3 is 11.8 Å². The fraction of sp³-hybridized carbons (Fsp3) is 0.250. The Balaban J connectivity index is 1.63. The minimum Gasteiger partial charge on any atom is -0.497 e. The number of nitrogens with one attached hydrogen (secondary N) is 1. The summed E-state index contributed by atoms with van der Waals surface area (Å²) in [4.78, 5) is 39.8. The fourth-order valence-electron chi connectivity index (χ4n) is 2.86. The number of hydrogen-bond acceptors (Lipinski definition) is 4. The summed E-state index contributed by atoms with van der Waals surface area (Å²) in [6.07, 6.45) is 0. The maximum Gasteiger partial charge on any atom is 0.316 e. The molecule has 2 aromatic rings. The lowest BCUT2D eigenvalue weighted by Crippen LogP contribution is -2.56. The minimum atomic E-state index is -0.692. The molecule has 7 nitrogen and oxygen atoms in total. The number of ether oxygens (including phenoxy) is 1. The van der Waals surface area contributed by atoms with Crippen LogP contribution in [0.15, 0.2) is 48.5 Å². The zero-order valence-electron chi connectivity index (χ0n) is 15.3. The summed E-state index contributed by atoms with van der Waals surface area (Å²) in [6.45, 7) is 2.39. The number of anilines is 2. The zero-order valence-corrected chi connectivity index (χ0v) is 15.3. The molecule has 0 atom stereocenters. The van der Waals surface area contributed by atoms with Gasteiger partial charge in [0.05, 0.1) is 7.11 Å². The quantitative estimate of drug-likeness (QED) is 0.818. The largest absolute Gasteiger partial charge is 0.497 e. The Morgan fingerprint density at radius 3 is 2.52 bits per heavy atom. The molecule has 2 aromatic carbocycles. The SMILES string of the molecule is COc1cccc(N2CCN(CC(=O)Nc3ccc(C)cc3)C(=O)C2=O)c1. The zero-order chi connectivity index (χ0) is 19.4. The molecular weight excluding hydrogens is 346 g/mol. The van der Waals surface area contributed by atoms with Crippen molar-refractivity contribution >= 4 is 29.1 Å². The molecule has 0 aliphatic carbocycles. The number of piperazine rings is 1. The Bertz CT molecular complexity index is 864. The fourth-order valence-corrected chi connectivity index (χ4v) is 2.86. The number of hydrogen-bond donors (Lipinski definition) is 1. The van der Waals surface area contributed by atoms with Crippen molar-refractivity contribution < 1.29 is 19.1 Å². The first-order valence-electron chi connectivity index (χ1n) is 8.59. The van der Waals surface area contributed by atoms with Gasteiger partial charge in [-0.3, -0.25) is 14.4 Å². The van der Waals surface area contributed by atoms with Gasteiger partial charge in [0.2, 0.25) is 5.91 Å². The Hall–Kier alpha value is -3.35. The lowest BCUT2D eigenvalue weighted by molar-refractivity contribution is -0.147. The highest BCUT2D eigenvalue weighted by Crippen LogP contribution is 2.23. The van der Waals surface area contributed by atoms with Crippen LogP contribution in [0.5, 0.6) is 5.75 Å². The summed E-state index contributed by atoms with van der Waals surface area (Å²) >= 11 is 0.